The third-order valence-electron chi connectivity index (χ3n) is 3.53. The zero-order chi connectivity index (χ0) is 18.4. The van der Waals surface area contributed by atoms with Gasteiger partial charge < -0.3 is 23.8 Å². The Morgan fingerprint density at radius 3 is 2.84 bits per heavy atom. The lowest BCUT2D eigenvalue weighted by Crippen LogP contribution is -2.22. The second-order valence-corrected chi connectivity index (χ2v) is 5.14. The van der Waals surface area contributed by atoms with Crippen molar-refractivity contribution in [3.63, 3.8) is 0 Å². The molecule has 0 amide bonds. The van der Waals surface area contributed by atoms with Crippen LogP contribution in [0.3, 0.4) is 0 Å². The van der Waals surface area contributed by atoms with Crippen LogP contribution in [0.1, 0.15) is 18.1 Å². The molecule has 0 spiro atoms. The van der Waals surface area contributed by atoms with E-state index >= 15 is 0 Å². The molecule has 0 aliphatic carbocycles. The van der Waals surface area contributed by atoms with Crippen molar-refractivity contribution in [2.45, 2.75) is 13.8 Å². The number of nitrogens with zero attached hydrogens (tertiary/aromatic N) is 1. The number of phenolic OH excluding ortho intramolecular Hbond substituents is 1. The van der Waals surface area contributed by atoms with Gasteiger partial charge in [-0.25, -0.2) is 4.79 Å². The van der Waals surface area contributed by atoms with Gasteiger partial charge in [0.05, 0.1) is 12.0 Å². The Bertz CT molecular complexity index is 853. The van der Waals surface area contributed by atoms with Gasteiger partial charge in [0, 0.05) is 12.2 Å². The summed E-state index contributed by atoms with van der Waals surface area (Å²) in [5.41, 5.74) is 0.413. The standard InChI is InChI=1S/C18H21NO6/c1-5-9-24-17-12-7-8-14(20)11(3)16(12)25-18(21)15(17)13(19-22-4)10-23-6-2/h5,7-8,20H,1,6,9-10H2,2-4H3/b19-13-. The van der Waals surface area contributed by atoms with Gasteiger partial charge in [0.2, 0.25) is 0 Å². The fourth-order valence-electron chi connectivity index (χ4n) is 2.36. The number of benzene rings is 1. The molecule has 0 aliphatic heterocycles. The normalized spacial score (nSPS) is 11.6. The number of rotatable bonds is 8. The molecule has 1 aromatic heterocycles. The van der Waals surface area contributed by atoms with Gasteiger partial charge in [-0.15, -0.1) is 0 Å². The predicted octanol–water partition coefficient (Wildman–Crippen LogP) is 2.76. The van der Waals surface area contributed by atoms with E-state index in [2.05, 4.69) is 11.7 Å². The van der Waals surface area contributed by atoms with Gasteiger partial charge in [0.25, 0.3) is 0 Å². The molecule has 2 rings (SSSR count). The Morgan fingerprint density at radius 1 is 1.44 bits per heavy atom. The zero-order valence-corrected chi connectivity index (χ0v) is 14.5. The lowest BCUT2D eigenvalue weighted by molar-refractivity contribution is 0.175. The van der Waals surface area contributed by atoms with Crippen molar-refractivity contribution in [1.82, 2.24) is 0 Å². The van der Waals surface area contributed by atoms with E-state index in [-0.39, 0.29) is 41.6 Å². The number of aromatic hydroxyl groups is 1. The third-order valence-corrected chi connectivity index (χ3v) is 3.53. The predicted molar refractivity (Wildman–Crippen MR) is 94.6 cm³/mol. The number of hydrogen-bond donors (Lipinski definition) is 1. The van der Waals surface area contributed by atoms with Crippen molar-refractivity contribution >= 4 is 16.7 Å². The van der Waals surface area contributed by atoms with Crippen LogP contribution in [0, 0.1) is 6.92 Å². The van der Waals surface area contributed by atoms with Gasteiger partial charge >= 0.3 is 5.63 Å². The third kappa shape index (κ3) is 3.83. The van der Waals surface area contributed by atoms with Gasteiger partial charge in [-0.05, 0) is 26.0 Å². The van der Waals surface area contributed by atoms with Crippen LogP contribution in [0.4, 0.5) is 0 Å². The second-order valence-electron chi connectivity index (χ2n) is 5.14. The molecule has 7 nitrogen and oxygen atoms in total. The number of fused-ring (bicyclic) bond motifs is 1. The van der Waals surface area contributed by atoms with Gasteiger partial charge in [-0.3, -0.25) is 0 Å². The monoisotopic (exact) mass is 347 g/mol. The molecule has 0 aliphatic rings. The number of aryl methyl sites for hydroxylation is 1. The quantitative estimate of drug-likeness (QED) is 0.342. The Hall–Kier alpha value is -2.80. The Morgan fingerprint density at radius 2 is 2.20 bits per heavy atom. The number of phenols is 1. The summed E-state index contributed by atoms with van der Waals surface area (Å²) in [6.45, 7) is 7.79. The van der Waals surface area contributed by atoms with Crippen molar-refractivity contribution in [2.75, 3.05) is 26.9 Å². The summed E-state index contributed by atoms with van der Waals surface area (Å²) >= 11 is 0. The van der Waals surface area contributed by atoms with Crippen LogP contribution in [0.25, 0.3) is 11.0 Å². The molecule has 0 unspecified atom stereocenters. The molecular weight excluding hydrogens is 326 g/mol. The van der Waals surface area contributed by atoms with E-state index in [4.69, 9.17) is 18.7 Å². The molecule has 0 atom stereocenters. The molecule has 0 saturated heterocycles. The van der Waals surface area contributed by atoms with Crippen LogP contribution in [0.15, 0.2) is 39.2 Å². The molecule has 0 radical (unpaired) electrons. The van der Waals surface area contributed by atoms with Gasteiger partial charge in [-0.2, -0.15) is 0 Å². The maximum absolute atomic E-state index is 12.6. The van der Waals surface area contributed by atoms with E-state index in [1.807, 2.05) is 6.92 Å². The number of oxime groups is 1. The van der Waals surface area contributed by atoms with E-state index in [0.717, 1.165) is 0 Å². The van der Waals surface area contributed by atoms with E-state index in [1.54, 1.807) is 19.1 Å². The highest BCUT2D eigenvalue weighted by molar-refractivity contribution is 6.07. The minimum atomic E-state index is -0.657. The van der Waals surface area contributed by atoms with Crippen LogP contribution in [0.5, 0.6) is 11.5 Å². The second kappa shape index (κ2) is 8.34. The summed E-state index contributed by atoms with van der Waals surface area (Å²) in [5, 5.41) is 14.3. The van der Waals surface area contributed by atoms with Gasteiger partial charge in [0.15, 0.2) is 0 Å². The molecule has 0 bridgehead atoms. The summed E-state index contributed by atoms with van der Waals surface area (Å²) in [5.74, 6) is 0.308. The van der Waals surface area contributed by atoms with Crippen molar-refractivity contribution in [2.24, 2.45) is 5.16 Å². The lowest BCUT2D eigenvalue weighted by Gasteiger charge is -2.14. The summed E-state index contributed by atoms with van der Waals surface area (Å²) in [7, 11) is 1.38. The fraction of sp³-hybridized carbons (Fsp3) is 0.333. The minimum Gasteiger partial charge on any atom is -0.508 e. The van der Waals surface area contributed by atoms with E-state index < -0.39 is 5.63 Å². The summed E-state index contributed by atoms with van der Waals surface area (Å²) in [6.07, 6.45) is 1.56. The van der Waals surface area contributed by atoms with Gasteiger partial charge in [-0.1, -0.05) is 17.8 Å². The minimum absolute atomic E-state index is 0.0261. The molecule has 2 aromatic rings. The molecular formula is C18H21NO6. The SMILES string of the molecule is C=CCOc1c(/C(COCC)=N\OC)c(=O)oc2c(C)c(O)ccc12. The van der Waals surface area contributed by atoms with E-state index in [1.165, 1.54) is 13.2 Å². The van der Waals surface area contributed by atoms with Crippen LogP contribution < -0.4 is 10.4 Å². The number of hydrogen-bond acceptors (Lipinski definition) is 7. The smallest absolute Gasteiger partial charge is 0.349 e. The first-order valence-electron chi connectivity index (χ1n) is 7.76. The van der Waals surface area contributed by atoms with Crippen LogP contribution in [0.2, 0.25) is 0 Å². The highest BCUT2D eigenvalue weighted by atomic mass is 16.6. The Labute approximate surface area is 145 Å². The van der Waals surface area contributed by atoms with Crippen molar-refractivity contribution in [3.8, 4) is 11.5 Å². The number of ether oxygens (including phenoxy) is 2. The summed E-state index contributed by atoms with van der Waals surface area (Å²) in [6, 6.07) is 3.13. The van der Waals surface area contributed by atoms with Crippen molar-refractivity contribution < 1.29 is 23.8 Å². The molecule has 1 aromatic carbocycles. The maximum atomic E-state index is 12.6. The first kappa shape index (κ1) is 18.5. The highest BCUT2D eigenvalue weighted by Crippen LogP contribution is 2.33. The largest absolute Gasteiger partial charge is 0.508 e. The molecule has 1 N–H and O–H groups in total. The van der Waals surface area contributed by atoms with E-state index in [9.17, 15) is 9.90 Å². The molecule has 0 fully saturated rings. The summed E-state index contributed by atoms with van der Waals surface area (Å²) < 4.78 is 16.5. The molecule has 25 heavy (non-hydrogen) atoms. The van der Waals surface area contributed by atoms with Crippen molar-refractivity contribution in [3.05, 3.63) is 46.3 Å². The van der Waals surface area contributed by atoms with Crippen LogP contribution in [-0.4, -0.2) is 37.7 Å². The molecule has 7 heteroatoms. The molecule has 0 saturated carbocycles. The Kier molecular flexibility index (Phi) is 6.19. The lowest BCUT2D eigenvalue weighted by atomic mass is 10.1. The Balaban J connectivity index is 2.79. The van der Waals surface area contributed by atoms with Gasteiger partial charge in [0.1, 0.15) is 42.1 Å². The molecule has 134 valence electrons. The topological polar surface area (TPSA) is 90.5 Å². The first-order valence-corrected chi connectivity index (χ1v) is 7.76. The maximum Gasteiger partial charge on any atom is 0.349 e. The summed E-state index contributed by atoms with van der Waals surface area (Å²) in [4.78, 5) is 17.5. The fourth-order valence-corrected chi connectivity index (χ4v) is 2.36. The van der Waals surface area contributed by atoms with E-state index in [0.29, 0.717) is 17.6 Å². The van der Waals surface area contributed by atoms with Crippen LogP contribution in [-0.2, 0) is 9.57 Å². The average Bonchev–Trinajstić information content (AvgIpc) is 2.60. The zero-order valence-electron chi connectivity index (χ0n) is 14.5. The van der Waals surface area contributed by atoms with Crippen molar-refractivity contribution in [1.29, 1.82) is 0 Å². The molecule has 1 heterocycles. The first-order chi connectivity index (χ1) is 12.0. The van der Waals surface area contributed by atoms with Crippen LogP contribution >= 0.6 is 0 Å². The highest BCUT2D eigenvalue weighted by Gasteiger charge is 2.23. The average molecular weight is 347 g/mol.